The number of carbonyl (C=O) groups is 1. The van der Waals surface area contributed by atoms with Crippen LogP contribution in [0.2, 0.25) is 0 Å². The van der Waals surface area contributed by atoms with E-state index >= 15 is 0 Å². The zero-order valence-corrected chi connectivity index (χ0v) is 20.1. The fraction of sp³-hybridized carbons (Fsp3) is 0.231. The Bertz CT molecular complexity index is 1260. The predicted octanol–water partition coefficient (Wildman–Crippen LogP) is 5.50. The summed E-state index contributed by atoms with van der Waals surface area (Å²) >= 11 is 1.55. The van der Waals surface area contributed by atoms with Gasteiger partial charge in [0.05, 0.1) is 5.69 Å². The number of aryl methyl sites for hydroxylation is 3. The minimum atomic E-state index is -0.0359. The zero-order valence-electron chi connectivity index (χ0n) is 19.3. The molecule has 0 radical (unpaired) electrons. The molecule has 0 atom stereocenters. The van der Waals surface area contributed by atoms with E-state index in [2.05, 4.69) is 51.8 Å². The number of benzene rings is 2. The van der Waals surface area contributed by atoms with Crippen LogP contribution >= 0.6 is 11.3 Å². The Hall–Kier alpha value is -3.58. The first-order chi connectivity index (χ1) is 15.9. The number of amides is 1. The molecule has 168 valence electrons. The Labute approximate surface area is 198 Å². The predicted molar refractivity (Wildman–Crippen MR) is 134 cm³/mol. The van der Waals surface area contributed by atoms with Crippen molar-refractivity contribution in [3.8, 4) is 11.3 Å². The van der Waals surface area contributed by atoms with Gasteiger partial charge in [0.2, 0.25) is 5.91 Å². The molecule has 4 aromatic rings. The number of rotatable bonds is 7. The third-order valence-electron chi connectivity index (χ3n) is 5.35. The van der Waals surface area contributed by atoms with Gasteiger partial charge in [0, 0.05) is 42.1 Å². The van der Waals surface area contributed by atoms with Gasteiger partial charge < -0.3 is 10.6 Å². The van der Waals surface area contributed by atoms with Crippen molar-refractivity contribution in [2.24, 2.45) is 0 Å². The van der Waals surface area contributed by atoms with Crippen LogP contribution < -0.4 is 10.6 Å². The summed E-state index contributed by atoms with van der Waals surface area (Å²) in [6, 6.07) is 16.6. The van der Waals surface area contributed by atoms with Gasteiger partial charge in [-0.05, 0) is 31.9 Å². The van der Waals surface area contributed by atoms with E-state index in [0.717, 1.165) is 51.3 Å². The Kier molecular flexibility index (Phi) is 6.79. The van der Waals surface area contributed by atoms with Gasteiger partial charge in [-0.2, -0.15) is 0 Å². The number of aromatic nitrogens is 3. The molecule has 7 heteroatoms. The lowest BCUT2D eigenvalue weighted by atomic mass is 10.0. The first-order valence-electron chi connectivity index (χ1n) is 10.8. The fourth-order valence-corrected chi connectivity index (χ4v) is 4.26. The van der Waals surface area contributed by atoms with E-state index in [4.69, 9.17) is 4.98 Å². The van der Waals surface area contributed by atoms with Crippen LogP contribution in [0.15, 0.2) is 53.9 Å². The van der Waals surface area contributed by atoms with E-state index in [-0.39, 0.29) is 5.91 Å². The monoisotopic (exact) mass is 457 g/mol. The molecule has 6 nitrogen and oxygen atoms in total. The second-order valence-corrected chi connectivity index (χ2v) is 8.97. The maximum absolute atomic E-state index is 11.1. The number of thiazole rings is 1. The SMILES string of the molecule is CC(=O)NCc1ccc(-c2csc(Nc3nc(C)nc(C)c3Cc3ccc(C)cc3)n2)cc1. The van der Waals surface area contributed by atoms with Gasteiger partial charge in [-0.25, -0.2) is 15.0 Å². The average Bonchev–Trinajstić information content (AvgIpc) is 3.25. The number of carbonyl (C=O) groups excluding carboxylic acids is 1. The first-order valence-corrected chi connectivity index (χ1v) is 11.7. The summed E-state index contributed by atoms with van der Waals surface area (Å²) in [6.07, 6.45) is 0.753. The molecule has 1 amide bonds. The summed E-state index contributed by atoms with van der Waals surface area (Å²) in [7, 11) is 0. The van der Waals surface area contributed by atoms with Crippen molar-refractivity contribution in [1.29, 1.82) is 0 Å². The van der Waals surface area contributed by atoms with Crippen molar-refractivity contribution < 1.29 is 4.79 Å². The van der Waals surface area contributed by atoms with Gasteiger partial charge in [-0.3, -0.25) is 4.79 Å². The Balaban J connectivity index is 1.54. The molecular weight excluding hydrogens is 430 g/mol. The Morgan fingerprint density at radius 2 is 1.61 bits per heavy atom. The van der Waals surface area contributed by atoms with Crippen LogP contribution in [-0.2, 0) is 17.8 Å². The summed E-state index contributed by atoms with van der Waals surface area (Å²) in [4.78, 5) is 25.1. The van der Waals surface area contributed by atoms with E-state index in [1.54, 1.807) is 11.3 Å². The summed E-state index contributed by atoms with van der Waals surface area (Å²) in [5.74, 6) is 1.49. The van der Waals surface area contributed by atoms with Crippen LogP contribution in [0.4, 0.5) is 10.9 Å². The average molecular weight is 458 g/mol. The van der Waals surface area contributed by atoms with E-state index in [1.165, 1.54) is 18.1 Å². The van der Waals surface area contributed by atoms with Crippen molar-refractivity contribution in [3.05, 3.63) is 87.7 Å². The lowest BCUT2D eigenvalue weighted by Crippen LogP contribution is -2.18. The van der Waals surface area contributed by atoms with E-state index in [9.17, 15) is 4.79 Å². The highest BCUT2D eigenvalue weighted by atomic mass is 32.1. The standard InChI is InChI=1S/C26H27N5OS/c1-16-5-7-20(8-6-16)13-23-17(2)28-18(3)29-25(23)31-26-30-24(15-33-26)22-11-9-21(10-12-22)14-27-19(4)32/h5-12,15H,13-14H2,1-4H3,(H,27,32)(H,28,29,30,31). The molecule has 2 heterocycles. The Morgan fingerprint density at radius 3 is 2.30 bits per heavy atom. The van der Waals surface area contributed by atoms with Crippen LogP contribution in [0, 0.1) is 20.8 Å². The smallest absolute Gasteiger partial charge is 0.217 e. The van der Waals surface area contributed by atoms with Crippen LogP contribution in [-0.4, -0.2) is 20.9 Å². The lowest BCUT2D eigenvalue weighted by Gasteiger charge is -2.13. The van der Waals surface area contributed by atoms with Gasteiger partial charge in [0.25, 0.3) is 0 Å². The molecule has 2 aromatic heterocycles. The third kappa shape index (κ3) is 5.81. The van der Waals surface area contributed by atoms with Crippen molar-refractivity contribution in [1.82, 2.24) is 20.3 Å². The van der Waals surface area contributed by atoms with Crippen molar-refractivity contribution in [3.63, 3.8) is 0 Å². The molecule has 0 unspecified atom stereocenters. The number of nitrogens with one attached hydrogen (secondary N) is 2. The van der Waals surface area contributed by atoms with Gasteiger partial charge in [-0.15, -0.1) is 11.3 Å². The molecule has 0 bridgehead atoms. The molecule has 0 aliphatic carbocycles. The summed E-state index contributed by atoms with van der Waals surface area (Å²) < 4.78 is 0. The molecule has 0 aliphatic rings. The van der Waals surface area contributed by atoms with Crippen LogP contribution in [0.25, 0.3) is 11.3 Å². The second kappa shape index (κ2) is 9.92. The summed E-state index contributed by atoms with van der Waals surface area (Å²) in [5.41, 5.74) is 7.48. The number of anilines is 2. The van der Waals surface area contributed by atoms with Crippen LogP contribution in [0.5, 0.6) is 0 Å². The summed E-state index contributed by atoms with van der Waals surface area (Å²) in [6.45, 7) is 8.07. The molecule has 0 fully saturated rings. The second-order valence-electron chi connectivity index (χ2n) is 8.12. The van der Waals surface area contributed by atoms with Gasteiger partial charge in [0.1, 0.15) is 11.6 Å². The minimum absolute atomic E-state index is 0.0359. The zero-order chi connectivity index (χ0) is 23.4. The maximum Gasteiger partial charge on any atom is 0.217 e. The molecule has 2 N–H and O–H groups in total. The molecule has 0 saturated carbocycles. The summed E-state index contributed by atoms with van der Waals surface area (Å²) in [5, 5.41) is 9.06. The van der Waals surface area contributed by atoms with Crippen LogP contribution in [0.1, 0.15) is 40.7 Å². The van der Waals surface area contributed by atoms with Crippen molar-refractivity contribution in [2.75, 3.05) is 5.32 Å². The molecule has 0 spiro atoms. The topological polar surface area (TPSA) is 79.8 Å². The number of hydrogen-bond acceptors (Lipinski definition) is 6. The Morgan fingerprint density at radius 1 is 0.909 bits per heavy atom. The molecule has 2 aromatic carbocycles. The third-order valence-corrected chi connectivity index (χ3v) is 6.11. The largest absolute Gasteiger partial charge is 0.352 e. The van der Waals surface area contributed by atoms with Gasteiger partial charge in [0.15, 0.2) is 5.13 Å². The van der Waals surface area contributed by atoms with Gasteiger partial charge in [-0.1, -0.05) is 54.1 Å². The first kappa shape index (κ1) is 22.6. The van der Waals surface area contributed by atoms with Crippen LogP contribution in [0.3, 0.4) is 0 Å². The molecular formula is C26H27N5OS. The van der Waals surface area contributed by atoms with Gasteiger partial charge >= 0.3 is 0 Å². The lowest BCUT2D eigenvalue weighted by molar-refractivity contribution is -0.119. The van der Waals surface area contributed by atoms with E-state index in [0.29, 0.717) is 6.54 Å². The minimum Gasteiger partial charge on any atom is -0.352 e. The fourth-order valence-electron chi connectivity index (χ4n) is 3.55. The molecule has 0 aliphatic heterocycles. The quantitative estimate of drug-likeness (QED) is 0.383. The highest BCUT2D eigenvalue weighted by Gasteiger charge is 2.14. The van der Waals surface area contributed by atoms with Crippen molar-refractivity contribution in [2.45, 2.75) is 40.7 Å². The molecule has 33 heavy (non-hydrogen) atoms. The normalized spacial score (nSPS) is 10.8. The highest BCUT2D eigenvalue weighted by Crippen LogP contribution is 2.29. The molecule has 4 rings (SSSR count). The molecule has 0 saturated heterocycles. The van der Waals surface area contributed by atoms with E-state index in [1.807, 2.05) is 43.5 Å². The maximum atomic E-state index is 11.1. The number of hydrogen-bond donors (Lipinski definition) is 2. The number of nitrogens with zero attached hydrogens (tertiary/aromatic N) is 3. The highest BCUT2D eigenvalue weighted by molar-refractivity contribution is 7.14. The van der Waals surface area contributed by atoms with E-state index < -0.39 is 0 Å². The van der Waals surface area contributed by atoms with Crippen molar-refractivity contribution >= 4 is 28.2 Å².